The number of thioether (sulfide) groups is 1. The monoisotopic (exact) mass is 522 g/mol. The van der Waals surface area contributed by atoms with Crippen molar-refractivity contribution < 1.29 is 22.7 Å². The van der Waals surface area contributed by atoms with E-state index in [1.165, 1.54) is 36.4 Å². The number of amides is 1. The minimum atomic E-state index is -3.62. The van der Waals surface area contributed by atoms with Crippen LogP contribution in [0.4, 0.5) is 0 Å². The molecule has 0 atom stereocenters. The number of ether oxygens (including phenoxy) is 1. The Balaban J connectivity index is 1.57. The van der Waals surface area contributed by atoms with Crippen LogP contribution in [0, 0.1) is 5.41 Å². The first-order chi connectivity index (χ1) is 15.5. The van der Waals surface area contributed by atoms with Gasteiger partial charge in [0.2, 0.25) is 19.4 Å². The second-order valence-electron chi connectivity index (χ2n) is 6.74. The summed E-state index contributed by atoms with van der Waals surface area (Å²) in [5, 5.41) is 13.7. The van der Waals surface area contributed by atoms with Gasteiger partial charge in [-0.05, 0) is 59.8 Å². The van der Waals surface area contributed by atoms with Gasteiger partial charge in [-0.3, -0.25) is 10.2 Å². The minimum Gasteiger partial charge on any atom is -0.421 e. The summed E-state index contributed by atoms with van der Waals surface area (Å²) in [5.41, 5.74) is 0.603. The Bertz CT molecular complexity index is 1420. The van der Waals surface area contributed by atoms with Gasteiger partial charge in [0, 0.05) is 11.3 Å². The third kappa shape index (κ3) is 4.86. The van der Waals surface area contributed by atoms with Crippen molar-refractivity contribution in [2.24, 2.45) is 10.1 Å². The maximum absolute atomic E-state index is 12.4. The Kier molecular flexibility index (Phi) is 6.14. The Morgan fingerprint density at radius 2 is 1.88 bits per heavy atom. The first-order valence-electron chi connectivity index (χ1n) is 9.00. The number of nitrogens with one attached hydrogen (secondary N) is 1. The zero-order valence-corrected chi connectivity index (χ0v) is 19.7. The second-order valence-corrected chi connectivity index (χ2v) is 10.7. The summed E-state index contributed by atoms with van der Waals surface area (Å²) < 4.78 is 28.5. The first-order valence-corrected chi connectivity index (χ1v) is 12.5. The van der Waals surface area contributed by atoms with Gasteiger partial charge in [0.25, 0.3) is 5.91 Å². The van der Waals surface area contributed by atoms with Gasteiger partial charge >= 0.3 is 5.97 Å². The molecular formula is C20H12Cl2N4O5S2. The molecular weight excluding hydrogens is 511 g/mol. The minimum absolute atomic E-state index is 0.00920. The van der Waals surface area contributed by atoms with Crippen molar-refractivity contribution in [2.75, 3.05) is 6.26 Å². The van der Waals surface area contributed by atoms with Gasteiger partial charge in [-0.15, -0.1) is 5.10 Å². The quantitative estimate of drug-likeness (QED) is 0.368. The van der Waals surface area contributed by atoms with Crippen LogP contribution in [-0.2, 0) is 14.6 Å². The molecule has 1 amide bonds. The molecule has 1 N–H and O–H groups in total. The molecule has 0 saturated heterocycles. The Morgan fingerprint density at radius 3 is 2.52 bits per heavy atom. The van der Waals surface area contributed by atoms with Crippen LogP contribution in [0.1, 0.15) is 15.9 Å². The number of carbonyl (C=O) groups is 2. The third-order valence-electron chi connectivity index (χ3n) is 4.30. The number of nitrogens with zero attached hydrogens (tertiary/aromatic N) is 3. The molecule has 0 spiro atoms. The average Bonchev–Trinajstić information content (AvgIpc) is 3.18. The number of hydrogen-bond acceptors (Lipinski definition) is 8. The van der Waals surface area contributed by atoms with Gasteiger partial charge < -0.3 is 4.74 Å². The van der Waals surface area contributed by atoms with Crippen LogP contribution in [0.15, 0.2) is 58.1 Å². The zero-order valence-electron chi connectivity index (χ0n) is 16.6. The normalized spacial score (nSPS) is 17.1. The smallest absolute Gasteiger partial charge is 0.343 e. The van der Waals surface area contributed by atoms with Crippen LogP contribution in [0.25, 0.3) is 6.08 Å². The molecule has 2 aliphatic heterocycles. The van der Waals surface area contributed by atoms with Gasteiger partial charge in [-0.2, -0.15) is 10.0 Å². The van der Waals surface area contributed by atoms with Gasteiger partial charge in [0.1, 0.15) is 5.75 Å². The van der Waals surface area contributed by atoms with Crippen molar-refractivity contribution in [1.29, 1.82) is 5.41 Å². The van der Waals surface area contributed by atoms with Crippen LogP contribution in [-0.4, -0.2) is 46.9 Å². The summed E-state index contributed by atoms with van der Waals surface area (Å²) in [4.78, 5) is 28.5. The fourth-order valence-electron chi connectivity index (χ4n) is 2.73. The van der Waals surface area contributed by atoms with Crippen molar-refractivity contribution in [3.8, 4) is 5.75 Å². The summed E-state index contributed by atoms with van der Waals surface area (Å²) in [6, 6.07) is 10.6. The number of hydrogen-bond donors (Lipinski definition) is 1. The molecule has 0 fully saturated rings. The fraction of sp³-hybridized carbons (Fsp3) is 0.0500. The SMILES string of the molecule is CS(=O)(=O)C1=NN2C(=N)/C(=C\c3ccc(OC(=O)c4ccc(Cl)cc4)c(Cl)c3)C(=O)N=C2S1. The van der Waals surface area contributed by atoms with E-state index >= 15 is 0 Å². The maximum Gasteiger partial charge on any atom is 0.343 e. The highest BCUT2D eigenvalue weighted by molar-refractivity contribution is 8.42. The van der Waals surface area contributed by atoms with Crippen molar-refractivity contribution in [3.63, 3.8) is 0 Å². The van der Waals surface area contributed by atoms with Crippen LogP contribution >= 0.6 is 35.0 Å². The number of amidine groups is 2. The molecule has 0 unspecified atom stereocenters. The number of fused-ring (bicyclic) bond motifs is 1. The maximum atomic E-state index is 12.4. The van der Waals surface area contributed by atoms with Gasteiger partial charge in [-0.25, -0.2) is 13.2 Å². The second kappa shape index (κ2) is 8.75. The molecule has 2 aromatic rings. The number of carbonyl (C=O) groups excluding carboxylic acids is 2. The van der Waals surface area contributed by atoms with Crippen molar-refractivity contribution in [1.82, 2.24) is 5.01 Å². The highest BCUT2D eigenvalue weighted by atomic mass is 35.5. The number of benzene rings is 2. The molecule has 33 heavy (non-hydrogen) atoms. The highest BCUT2D eigenvalue weighted by Gasteiger charge is 2.38. The molecule has 2 heterocycles. The average molecular weight is 523 g/mol. The van der Waals surface area contributed by atoms with Crippen molar-refractivity contribution in [2.45, 2.75) is 0 Å². The Morgan fingerprint density at radius 1 is 1.18 bits per heavy atom. The highest BCUT2D eigenvalue weighted by Crippen LogP contribution is 2.31. The summed E-state index contributed by atoms with van der Waals surface area (Å²) in [5.74, 6) is -1.58. The molecule has 2 aliphatic rings. The molecule has 0 bridgehead atoms. The molecule has 0 radical (unpaired) electrons. The molecule has 168 valence electrons. The predicted molar refractivity (Wildman–Crippen MR) is 128 cm³/mol. The molecule has 0 aliphatic carbocycles. The number of esters is 1. The molecule has 4 rings (SSSR count). The largest absolute Gasteiger partial charge is 0.421 e. The van der Waals surface area contributed by atoms with Gasteiger partial charge in [0.15, 0.2) is 5.84 Å². The van der Waals surface area contributed by atoms with Crippen LogP contribution in [0.2, 0.25) is 10.0 Å². The van der Waals surface area contributed by atoms with Crippen molar-refractivity contribution >= 4 is 78.1 Å². The number of rotatable bonds is 3. The lowest BCUT2D eigenvalue weighted by atomic mass is 10.1. The summed E-state index contributed by atoms with van der Waals surface area (Å²) >= 11 is 12.8. The molecule has 13 heteroatoms. The molecule has 2 aromatic carbocycles. The van der Waals surface area contributed by atoms with E-state index in [-0.39, 0.29) is 37.3 Å². The Labute approximate surface area is 202 Å². The first kappa shape index (κ1) is 23.2. The summed E-state index contributed by atoms with van der Waals surface area (Å²) in [6.45, 7) is 0. The van der Waals surface area contributed by atoms with E-state index in [1.54, 1.807) is 12.1 Å². The number of sulfone groups is 1. The molecule has 0 aromatic heterocycles. The topological polar surface area (TPSA) is 129 Å². The number of hydrazone groups is 1. The molecule has 9 nitrogen and oxygen atoms in total. The van der Waals surface area contributed by atoms with Crippen LogP contribution in [0.3, 0.4) is 0 Å². The summed E-state index contributed by atoms with van der Waals surface area (Å²) in [7, 11) is -3.62. The lowest BCUT2D eigenvalue weighted by Gasteiger charge is -2.20. The number of halogens is 2. The van der Waals surface area contributed by atoms with Gasteiger partial charge in [0.05, 0.1) is 16.2 Å². The zero-order chi connectivity index (χ0) is 23.9. The summed E-state index contributed by atoms with van der Waals surface area (Å²) in [6.07, 6.45) is 2.34. The van der Waals surface area contributed by atoms with E-state index in [9.17, 15) is 18.0 Å². The third-order valence-corrected chi connectivity index (χ3v) is 7.43. The van der Waals surface area contributed by atoms with E-state index in [0.29, 0.717) is 22.3 Å². The fourth-order valence-corrected chi connectivity index (χ4v) is 4.76. The van der Waals surface area contributed by atoms with E-state index < -0.39 is 21.7 Å². The lowest BCUT2D eigenvalue weighted by Crippen LogP contribution is -2.35. The Hall–Kier alpha value is -2.99. The van der Waals surface area contributed by atoms with Crippen molar-refractivity contribution in [3.05, 3.63) is 69.2 Å². The predicted octanol–water partition coefficient (Wildman–Crippen LogP) is 3.83. The van der Waals surface area contributed by atoms with E-state index in [4.69, 9.17) is 33.3 Å². The molecule has 0 saturated carbocycles. The van der Waals surface area contributed by atoms with E-state index in [0.717, 1.165) is 11.3 Å². The van der Waals surface area contributed by atoms with E-state index in [2.05, 4.69) is 10.1 Å². The number of aliphatic imine (C=N–C) groups is 1. The lowest BCUT2D eigenvalue weighted by molar-refractivity contribution is -0.114. The van der Waals surface area contributed by atoms with Crippen LogP contribution in [0.5, 0.6) is 5.75 Å². The standard InChI is InChI=1S/C20H12Cl2N4O5S2/c1-33(29,30)20-25-26-16(23)13(17(27)24-19(26)32-20)8-10-2-7-15(14(22)9-10)31-18(28)11-3-5-12(21)6-4-11/h2-9,23H,1H3/b13-8+,23-16?. The van der Waals surface area contributed by atoms with Gasteiger partial charge in [-0.1, -0.05) is 29.3 Å². The van der Waals surface area contributed by atoms with E-state index in [1.807, 2.05) is 0 Å². The van der Waals surface area contributed by atoms with Crippen LogP contribution < -0.4 is 4.74 Å².